The molecule has 118 valence electrons. The highest BCUT2D eigenvalue weighted by Gasteiger charge is 2.26. The van der Waals surface area contributed by atoms with Gasteiger partial charge < -0.3 is 5.73 Å². The van der Waals surface area contributed by atoms with Gasteiger partial charge in [-0.3, -0.25) is 9.52 Å². The highest BCUT2D eigenvalue weighted by Crippen LogP contribution is 2.19. The van der Waals surface area contributed by atoms with Crippen molar-refractivity contribution in [2.75, 3.05) is 5.73 Å². The van der Waals surface area contributed by atoms with Crippen LogP contribution in [0.2, 0.25) is 0 Å². The van der Waals surface area contributed by atoms with Crippen LogP contribution in [-0.4, -0.2) is 22.6 Å². The summed E-state index contributed by atoms with van der Waals surface area (Å²) in [5, 5.41) is 4.88. The Kier molecular flexibility index (Phi) is 4.09. The van der Waals surface area contributed by atoms with Gasteiger partial charge in [-0.05, 0) is 36.4 Å². The number of carbonyl (C=O) groups is 1. The predicted molar refractivity (Wildman–Crippen MR) is 80.1 cm³/mol. The summed E-state index contributed by atoms with van der Waals surface area (Å²) in [7, 11) is -8.01. The molecule has 0 spiro atoms. The van der Waals surface area contributed by atoms with Gasteiger partial charge in [0.25, 0.3) is 10.0 Å². The van der Waals surface area contributed by atoms with Crippen molar-refractivity contribution in [3.05, 3.63) is 47.0 Å². The zero-order valence-corrected chi connectivity index (χ0v) is 12.8. The van der Waals surface area contributed by atoms with Crippen molar-refractivity contribution in [3.63, 3.8) is 0 Å². The Labute approximate surface area is 127 Å². The zero-order chi connectivity index (χ0) is 16.5. The molecule has 0 radical (unpaired) electrons. The van der Waals surface area contributed by atoms with Crippen molar-refractivity contribution in [1.82, 2.24) is 4.72 Å². The van der Waals surface area contributed by atoms with E-state index >= 15 is 0 Å². The number of rotatable bonds is 4. The van der Waals surface area contributed by atoms with Crippen molar-refractivity contribution < 1.29 is 21.6 Å². The van der Waals surface area contributed by atoms with Crippen LogP contribution >= 0.6 is 0 Å². The highest BCUT2D eigenvalue weighted by molar-refractivity contribution is 7.94. The highest BCUT2D eigenvalue weighted by atomic mass is 32.2. The number of hydrogen-bond donors (Lipinski definition) is 3. The van der Waals surface area contributed by atoms with Crippen molar-refractivity contribution in [2.24, 2.45) is 5.14 Å². The fourth-order valence-electron chi connectivity index (χ4n) is 1.79. The standard InChI is InChI=1S/C12H13N3O5S2/c13-8-1-4-10(5-2-8)22(19,20)15-9-3-6-12(11(16)7-9)21(14,17)18/h1-6,15H,7,13H2,(H2,14,17,18). The number of nitrogens with two attached hydrogens (primary N) is 2. The second-order valence-corrected chi connectivity index (χ2v) is 7.75. The van der Waals surface area contributed by atoms with Gasteiger partial charge in [-0.2, -0.15) is 0 Å². The van der Waals surface area contributed by atoms with E-state index in [-0.39, 0.29) is 10.6 Å². The van der Waals surface area contributed by atoms with Crippen LogP contribution in [0.4, 0.5) is 5.69 Å². The first-order chi connectivity index (χ1) is 10.1. The second kappa shape index (κ2) is 5.55. The van der Waals surface area contributed by atoms with Crippen molar-refractivity contribution in [1.29, 1.82) is 0 Å². The fraction of sp³-hybridized carbons (Fsp3) is 0.0833. The minimum Gasteiger partial charge on any atom is -0.399 e. The molecule has 0 aromatic heterocycles. The minimum absolute atomic E-state index is 0.0312. The molecule has 2 rings (SSSR count). The van der Waals surface area contributed by atoms with Gasteiger partial charge in [0, 0.05) is 11.4 Å². The third-order valence-electron chi connectivity index (χ3n) is 2.82. The number of Topliss-reactive ketones (excluding diaryl/α,β-unsaturated/α-hetero) is 1. The van der Waals surface area contributed by atoms with Crippen molar-refractivity contribution >= 4 is 31.5 Å². The number of ketones is 1. The van der Waals surface area contributed by atoms with Crippen LogP contribution in [0.25, 0.3) is 0 Å². The summed E-state index contributed by atoms with van der Waals surface area (Å²) in [5.41, 5.74) is 5.94. The first-order valence-corrected chi connectivity index (χ1v) is 8.98. The lowest BCUT2D eigenvalue weighted by Crippen LogP contribution is -2.29. The van der Waals surface area contributed by atoms with Crippen LogP contribution in [0.1, 0.15) is 6.42 Å². The second-order valence-electron chi connectivity index (χ2n) is 4.54. The number of allylic oxidation sites excluding steroid dienone is 4. The molecule has 1 aliphatic carbocycles. The molecule has 0 saturated heterocycles. The van der Waals surface area contributed by atoms with E-state index in [0.29, 0.717) is 5.69 Å². The van der Waals surface area contributed by atoms with Gasteiger partial charge in [-0.1, -0.05) is 0 Å². The molecule has 0 amide bonds. The van der Waals surface area contributed by atoms with E-state index in [0.717, 1.165) is 6.08 Å². The lowest BCUT2D eigenvalue weighted by molar-refractivity contribution is -0.114. The van der Waals surface area contributed by atoms with Crippen molar-refractivity contribution in [2.45, 2.75) is 11.3 Å². The molecule has 0 saturated carbocycles. The number of nitrogen functional groups attached to an aromatic ring is 1. The summed E-state index contributed by atoms with van der Waals surface area (Å²) in [6, 6.07) is 5.48. The van der Waals surface area contributed by atoms with Crippen molar-refractivity contribution in [3.8, 4) is 0 Å². The van der Waals surface area contributed by atoms with Gasteiger partial charge in [0.15, 0.2) is 5.78 Å². The lowest BCUT2D eigenvalue weighted by Gasteiger charge is -2.15. The monoisotopic (exact) mass is 343 g/mol. The zero-order valence-electron chi connectivity index (χ0n) is 11.2. The quantitative estimate of drug-likeness (QED) is 0.632. The van der Waals surface area contributed by atoms with Gasteiger partial charge in [-0.15, -0.1) is 0 Å². The Balaban J connectivity index is 2.28. The Morgan fingerprint density at radius 1 is 1.00 bits per heavy atom. The van der Waals surface area contributed by atoms with Gasteiger partial charge in [0.2, 0.25) is 10.0 Å². The maximum atomic E-state index is 12.1. The van der Waals surface area contributed by atoms with Gasteiger partial charge in [0.1, 0.15) is 4.91 Å². The normalized spacial score (nSPS) is 16.0. The molecular formula is C12H13N3O5S2. The molecule has 1 aliphatic rings. The minimum atomic E-state index is -4.12. The van der Waals surface area contributed by atoms with E-state index in [1.54, 1.807) is 0 Å². The summed E-state index contributed by atoms with van der Waals surface area (Å²) < 4.78 is 48.8. The maximum absolute atomic E-state index is 12.1. The van der Waals surface area contributed by atoms with E-state index < -0.39 is 37.2 Å². The summed E-state index contributed by atoms with van der Waals surface area (Å²) in [4.78, 5) is 11.1. The van der Waals surface area contributed by atoms with E-state index in [1.165, 1.54) is 30.3 Å². The first kappa shape index (κ1) is 16.2. The number of benzene rings is 1. The van der Waals surface area contributed by atoms with E-state index in [2.05, 4.69) is 4.72 Å². The fourth-order valence-corrected chi connectivity index (χ4v) is 3.54. The summed E-state index contributed by atoms with van der Waals surface area (Å²) >= 11 is 0. The van der Waals surface area contributed by atoms with E-state index in [1.807, 2.05) is 0 Å². The Morgan fingerprint density at radius 3 is 2.09 bits per heavy atom. The third-order valence-corrected chi connectivity index (χ3v) is 5.22. The molecule has 0 aliphatic heterocycles. The van der Waals surface area contributed by atoms with Crippen LogP contribution < -0.4 is 15.6 Å². The van der Waals surface area contributed by atoms with Crippen LogP contribution in [0.3, 0.4) is 0 Å². The molecule has 1 aromatic rings. The molecule has 10 heteroatoms. The Bertz CT molecular complexity index is 881. The summed E-state index contributed by atoms with van der Waals surface area (Å²) in [5.74, 6) is -0.778. The molecule has 0 bridgehead atoms. The maximum Gasteiger partial charge on any atom is 0.261 e. The van der Waals surface area contributed by atoms with Crippen LogP contribution in [0.15, 0.2) is 51.9 Å². The molecule has 8 nitrogen and oxygen atoms in total. The summed E-state index contributed by atoms with van der Waals surface area (Å²) in [6.45, 7) is 0. The number of anilines is 1. The van der Waals surface area contributed by atoms with Crippen LogP contribution in [0, 0.1) is 0 Å². The number of nitrogens with one attached hydrogen (secondary N) is 1. The Morgan fingerprint density at radius 2 is 1.59 bits per heavy atom. The van der Waals surface area contributed by atoms with Crippen LogP contribution in [-0.2, 0) is 24.8 Å². The number of hydrogen-bond acceptors (Lipinski definition) is 6. The van der Waals surface area contributed by atoms with Gasteiger partial charge >= 0.3 is 0 Å². The smallest absolute Gasteiger partial charge is 0.261 e. The average molecular weight is 343 g/mol. The molecule has 0 fully saturated rings. The number of primary sulfonamides is 1. The van der Waals surface area contributed by atoms with E-state index in [9.17, 15) is 21.6 Å². The predicted octanol–water partition coefficient (Wildman–Crippen LogP) is -0.424. The molecule has 1 aromatic carbocycles. The average Bonchev–Trinajstić information content (AvgIpc) is 2.37. The Hall–Kier alpha value is -2.17. The molecule has 5 N–H and O–H groups in total. The van der Waals surface area contributed by atoms with Gasteiger partial charge in [0.05, 0.1) is 11.3 Å². The summed E-state index contributed by atoms with van der Waals surface area (Å²) in [6.07, 6.45) is 1.76. The number of sulfonamides is 2. The van der Waals surface area contributed by atoms with Crippen LogP contribution in [0.5, 0.6) is 0 Å². The molecule has 22 heavy (non-hydrogen) atoms. The largest absolute Gasteiger partial charge is 0.399 e. The third kappa shape index (κ3) is 3.53. The number of carbonyl (C=O) groups excluding carboxylic acids is 1. The molecular weight excluding hydrogens is 330 g/mol. The lowest BCUT2D eigenvalue weighted by atomic mass is 10.1. The molecule has 0 heterocycles. The van der Waals surface area contributed by atoms with Gasteiger partial charge in [-0.25, -0.2) is 22.0 Å². The molecule has 0 atom stereocenters. The molecule has 0 unspecified atom stereocenters. The topological polar surface area (TPSA) is 149 Å². The SMILES string of the molecule is Nc1ccc(S(=O)(=O)NC2=CC=C(S(N)(=O)=O)C(=O)C2)cc1. The van der Waals surface area contributed by atoms with E-state index in [4.69, 9.17) is 10.9 Å². The first-order valence-electron chi connectivity index (χ1n) is 5.95.